The molecule has 1 N–H and O–H groups in total. The molecule has 2 aromatic carbocycles. The average Bonchev–Trinajstić information content (AvgIpc) is 2.53. The number of benzene rings is 2. The van der Waals surface area contributed by atoms with E-state index < -0.39 is 6.10 Å². The minimum absolute atomic E-state index is 0.261. The third-order valence-corrected chi connectivity index (χ3v) is 4.02. The Morgan fingerprint density at radius 2 is 1.91 bits per heavy atom. The molecule has 0 aliphatic heterocycles. The first-order chi connectivity index (χ1) is 11.0. The Morgan fingerprint density at radius 1 is 1.22 bits per heavy atom. The highest BCUT2D eigenvalue weighted by Gasteiger charge is 2.16. The number of nitrogens with one attached hydrogen (secondary N) is 1. The summed E-state index contributed by atoms with van der Waals surface area (Å²) in [7, 11) is 0. The summed E-state index contributed by atoms with van der Waals surface area (Å²) in [6.45, 7) is 2.06. The average molecular weight is 356 g/mol. The first kappa shape index (κ1) is 17.6. The van der Waals surface area contributed by atoms with Crippen LogP contribution >= 0.6 is 23.2 Å². The fourth-order valence-electron chi connectivity index (χ4n) is 1.94. The third-order valence-electron chi connectivity index (χ3n) is 3.22. The van der Waals surface area contributed by atoms with Gasteiger partial charge in [0.1, 0.15) is 16.6 Å². The van der Waals surface area contributed by atoms with Crippen molar-refractivity contribution in [2.75, 3.05) is 6.54 Å². The van der Waals surface area contributed by atoms with Crippen molar-refractivity contribution in [2.45, 2.75) is 19.4 Å². The molecular weight excluding hydrogens is 340 g/mol. The van der Waals surface area contributed by atoms with E-state index in [1.54, 1.807) is 37.3 Å². The molecule has 2 aromatic rings. The van der Waals surface area contributed by atoms with Gasteiger partial charge in [0.15, 0.2) is 6.10 Å². The Morgan fingerprint density at radius 3 is 2.61 bits per heavy atom. The molecule has 122 valence electrons. The molecule has 0 aromatic heterocycles. The maximum absolute atomic E-state index is 12.8. The molecule has 23 heavy (non-hydrogen) atoms. The van der Waals surface area contributed by atoms with Gasteiger partial charge in [-0.3, -0.25) is 4.79 Å². The zero-order chi connectivity index (χ0) is 16.8. The lowest BCUT2D eigenvalue weighted by molar-refractivity contribution is -0.127. The number of ether oxygens (including phenoxy) is 1. The van der Waals surface area contributed by atoms with Crippen molar-refractivity contribution < 1.29 is 13.9 Å². The smallest absolute Gasteiger partial charge is 0.260 e. The minimum Gasteiger partial charge on any atom is -0.479 e. The second-order valence-electron chi connectivity index (χ2n) is 4.98. The first-order valence-electron chi connectivity index (χ1n) is 7.10. The van der Waals surface area contributed by atoms with E-state index in [0.717, 1.165) is 5.56 Å². The normalized spacial score (nSPS) is 11.8. The molecule has 6 heteroatoms. The number of halogens is 3. The monoisotopic (exact) mass is 355 g/mol. The number of carbonyl (C=O) groups excluding carboxylic acids is 1. The van der Waals surface area contributed by atoms with Gasteiger partial charge in [-0.1, -0.05) is 41.4 Å². The number of carbonyl (C=O) groups is 1. The van der Waals surface area contributed by atoms with E-state index in [-0.39, 0.29) is 16.7 Å². The van der Waals surface area contributed by atoms with E-state index in [1.807, 2.05) is 0 Å². The van der Waals surface area contributed by atoms with Crippen molar-refractivity contribution in [3.8, 4) is 5.75 Å². The molecule has 0 saturated carbocycles. The summed E-state index contributed by atoms with van der Waals surface area (Å²) >= 11 is 11.9. The van der Waals surface area contributed by atoms with Crippen LogP contribution in [-0.4, -0.2) is 18.6 Å². The number of amides is 1. The van der Waals surface area contributed by atoms with Crippen LogP contribution in [0.5, 0.6) is 5.75 Å². The molecule has 1 atom stereocenters. The molecule has 0 spiro atoms. The fourth-order valence-corrected chi connectivity index (χ4v) is 2.28. The quantitative estimate of drug-likeness (QED) is 0.840. The van der Waals surface area contributed by atoms with Gasteiger partial charge in [0.2, 0.25) is 0 Å². The van der Waals surface area contributed by atoms with Gasteiger partial charge in [0.05, 0.1) is 5.02 Å². The summed E-state index contributed by atoms with van der Waals surface area (Å²) in [6, 6.07) is 11.2. The molecule has 2 rings (SSSR count). The van der Waals surface area contributed by atoms with E-state index in [4.69, 9.17) is 27.9 Å². The molecule has 0 radical (unpaired) electrons. The van der Waals surface area contributed by atoms with Crippen LogP contribution < -0.4 is 10.1 Å². The summed E-state index contributed by atoms with van der Waals surface area (Å²) in [5.74, 6) is -0.179. The second kappa shape index (κ2) is 8.18. The maximum atomic E-state index is 12.8. The molecule has 0 aliphatic rings. The van der Waals surface area contributed by atoms with Gasteiger partial charge >= 0.3 is 0 Å². The fraction of sp³-hybridized carbons (Fsp3) is 0.235. The molecule has 0 saturated heterocycles. The summed E-state index contributed by atoms with van der Waals surface area (Å²) in [4.78, 5) is 12.0. The van der Waals surface area contributed by atoms with E-state index >= 15 is 0 Å². The van der Waals surface area contributed by atoms with Crippen LogP contribution in [0.1, 0.15) is 12.5 Å². The van der Waals surface area contributed by atoms with Crippen LogP contribution in [0.2, 0.25) is 10.0 Å². The first-order valence-corrected chi connectivity index (χ1v) is 7.86. The Balaban J connectivity index is 1.83. The Bertz CT molecular complexity index is 677. The summed E-state index contributed by atoms with van der Waals surface area (Å²) < 4.78 is 18.3. The number of rotatable bonds is 6. The maximum Gasteiger partial charge on any atom is 0.260 e. The van der Waals surface area contributed by atoms with Gasteiger partial charge in [-0.15, -0.1) is 0 Å². The Kier molecular flexibility index (Phi) is 6.25. The van der Waals surface area contributed by atoms with Gasteiger partial charge in [0, 0.05) is 6.54 Å². The standard InChI is InChI=1S/C17H16Cl2FNO2/c1-11(23-15-4-2-3-14(18)16(15)19)17(22)21-10-9-12-5-7-13(20)8-6-12/h2-8,11H,9-10H2,1H3,(H,21,22). The highest BCUT2D eigenvalue weighted by Crippen LogP contribution is 2.32. The van der Waals surface area contributed by atoms with E-state index in [9.17, 15) is 9.18 Å². The number of hydrogen-bond acceptors (Lipinski definition) is 2. The van der Waals surface area contributed by atoms with Gasteiger partial charge in [-0.25, -0.2) is 4.39 Å². The molecule has 1 amide bonds. The van der Waals surface area contributed by atoms with Crippen molar-refractivity contribution >= 4 is 29.1 Å². The summed E-state index contributed by atoms with van der Waals surface area (Å²) in [6.07, 6.45) is -0.101. The largest absolute Gasteiger partial charge is 0.479 e. The lowest BCUT2D eigenvalue weighted by Gasteiger charge is -2.16. The molecular formula is C17H16Cl2FNO2. The van der Waals surface area contributed by atoms with Crippen molar-refractivity contribution in [3.05, 3.63) is 63.9 Å². The molecule has 1 unspecified atom stereocenters. The van der Waals surface area contributed by atoms with Crippen LogP contribution in [0.3, 0.4) is 0 Å². The molecule has 3 nitrogen and oxygen atoms in total. The van der Waals surface area contributed by atoms with Crippen LogP contribution in [0.15, 0.2) is 42.5 Å². The van der Waals surface area contributed by atoms with Crippen molar-refractivity contribution in [2.24, 2.45) is 0 Å². The van der Waals surface area contributed by atoms with Crippen LogP contribution in [0.25, 0.3) is 0 Å². The topological polar surface area (TPSA) is 38.3 Å². The lowest BCUT2D eigenvalue weighted by Crippen LogP contribution is -2.37. The summed E-state index contributed by atoms with van der Waals surface area (Å²) in [5, 5.41) is 3.41. The highest BCUT2D eigenvalue weighted by atomic mass is 35.5. The zero-order valence-corrected chi connectivity index (χ0v) is 14.0. The summed E-state index contributed by atoms with van der Waals surface area (Å²) in [5.41, 5.74) is 0.943. The van der Waals surface area contributed by atoms with Crippen molar-refractivity contribution in [1.82, 2.24) is 5.32 Å². The van der Waals surface area contributed by atoms with Gasteiger partial charge in [-0.05, 0) is 43.2 Å². The van der Waals surface area contributed by atoms with Gasteiger partial charge in [-0.2, -0.15) is 0 Å². The highest BCUT2D eigenvalue weighted by molar-refractivity contribution is 6.42. The van der Waals surface area contributed by atoms with Crippen LogP contribution in [-0.2, 0) is 11.2 Å². The van der Waals surface area contributed by atoms with Crippen molar-refractivity contribution in [1.29, 1.82) is 0 Å². The molecule has 0 bridgehead atoms. The van der Waals surface area contributed by atoms with Crippen LogP contribution in [0.4, 0.5) is 4.39 Å². The zero-order valence-electron chi connectivity index (χ0n) is 12.5. The predicted octanol–water partition coefficient (Wildman–Crippen LogP) is 4.26. The van der Waals surface area contributed by atoms with E-state index in [0.29, 0.717) is 23.7 Å². The Labute approximate surface area is 144 Å². The Hall–Kier alpha value is -1.78. The van der Waals surface area contributed by atoms with E-state index in [1.165, 1.54) is 12.1 Å². The molecule has 0 fully saturated rings. The van der Waals surface area contributed by atoms with Crippen LogP contribution in [0, 0.1) is 5.82 Å². The predicted molar refractivity (Wildman–Crippen MR) is 89.7 cm³/mol. The minimum atomic E-state index is -0.709. The SMILES string of the molecule is CC(Oc1cccc(Cl)c1Cl)C(=O)NCCc1ccc(F)cc1. The third kappa shape index (κ3) is 5.12. The van der Waals surface area contributed by atoms with Crippen molar-refractivity contribution in [3.63, 3.8) is 0 Å². The van der Waals surface area contributed by atoms with Gasteiger partial charge in [0.25, 0.3) is 5.91 Å². The second-order valence-corrected chi connectivity index (χ2v) is 5.76. The van der Waals surface area contributed by atoms with E-state index in [2.05, 4.69) is 5.32 Å². The lowest BCUT2D eigenvalue weighted by atomic mass is 10.1. The van der Waals surface area contributed by atoms with Gasteiger partial charge < -0.3 is 10.1 Å². The number of hydrogen-bond donors (Lipinski definition) is 1. The molecule has 0 aliphatic carbocycles. The molecule has 0 heterocycles.